The van der Waals surface area contributed by atoms with Crippen molar-refractivity contribution in [1.29, 1.82) is 0 Å². The van der Waals surface area contributed by atoms with Crippen molar-refractivity contribution in [1.82, 2.24) is 15.1 Å². The SMILES string of the molecule is CCn1cc(C(=O)NCCSSCCC(=O)O)c(C(C)(C)C)n1. The summed E-state index contributed by atoms with van der Waals surface area (Å²) in [7, 11) is 3.08. The Morgan fingerprint density at radius 2 is 1.96 bits per heavy atom. The maximum absolute atomic E-state index is 12.4. The van der Waals surface area contributed by atoms with Crippen LogP contribution < -0.4 is 5.32 Å². The van der Waals surface area contributed by atoms with Gasteiger partial charge >= 0.3 is 5.97 Å². The standard InChI is InChI=1S/C15H25N3O3S2/c1-5-18-10-11(13(17-18)15(2,3)4)14(21)16-7-9-23-22-8-6-12(19)20/h10H,5-9H2,1-4H3,(H,16,21)(H,19,20). The van der Waals surface area contributed by atoms with Gasteiger partial charge < -0.3 is 10.4 Å². The fourth-order valence-corrected chi connectivity index (χ4v) is 3.74. The summed E-state index contributed by atoms with van der Waals surface area (Å²) < 4.78 is 1.78. The lowest BCUT2D eigenvalue weighted by Crippen LogP contribution is -2.28. The molecule has 130 valence electrons. The van der Waals surface area contributed by atoms with Crippen LogP contribution in [0.3, 0.4) is 0 Å². The van der Waals surface area contributed by atoms with Crippen molar-refractivity contribution in [2.24, 2.45) is 0 Å². The van der Waals surface area contributed by atoms with Crippen LogP contribution in [-0.2, 0) is 16.8 Å². The molecule has 0 spiro atoms. The van der Waals surface area contributed by atoms with Crippen molar-refractivity contribution >= 4 is 33.5 Å². The molecule has 0 aliphatic rings. The van der Waals surface area contributed by atoms with Crippen LogP contribution in [0.4, 0.5) is 0 Å². The number of carbonyl (C=O) groups excluding carboxylic acids is 1. The van der Waals surface area contributed by atoms with Gasteiger partial charge in [-0.25, -0.2) is 0 Å². The fraction of sp³-hybridized carbons (Fsp3) is 0.667. The van der Waals surface area contributed by atoms with Gasteiger partial charge in [-0.1, -0.05) is 42.4 Å². The zero-order valence-electron chi connectivity index (χ0n) is 14.1. The predicted molar refractivity (Wildman–Crippen MR) is 96.1 cm³/mol. The summed E-state index contributed by atoms with van der Waals surface area (Å²) in [5.74, 6) is 0.425. The Bertz CT molecular complexity index is 539. The molecule has 0 radical (unpaired) electrons. The van der Waals surface area contributed by atoms with Gasteiger partial charge in [0.05, 0.1) is 17.7 Å². The molecule has 1 rings (SSSR count). The Kier molecular flexibility index (Phi) is 7.98. The van der Waals surface area contributed by atoms with Crippen LogP contribution in [0.25, 0.3) is 0 Å². The third-order valence-electron chi connectivity index (χ3n) is 2.99. The van der Waals surface area contributed by atoms with Gasteiger partial charge in [0.2, 0.25) is 0 Å². The second kappa shape index (κ2) is 9.22. The second-order valence-corrected chi connectivity index (χ2v) is 8.74. The smallest absolute Gasteiger partial charge is 0.304 e. The van der Waals surface area contributed by atoms with E-state index >= 15 is 0 Å². The summed E-state index contributed by atoms with van der Waals surface area (Å²) in [6, 6.07) is 0. The van der Waals surface area contributed by atoms with Gasteiger partial charge in [-0.15, -0.1) is 0 Å². The highest BCUT2D eigenvalue weighted by Crippen LogP contribution is 2.24. The lowest BCUT2D eigenvalue weighted by Gasteiger charge is -2.17. The second-order valence-electron chi connectivity index (χ2n) is 6.04. The number of carbonyl (C=O) groups is 2. The summed E-state index contributed by atoms with van der Waals surface area (Å²) in [6.45, 7) is 9.40. The quantitative estimate of drug-likeness (QED) is 0.521. The summed E-state index contributed by atoms with van der Waals surface area (Å²) >= 11 is 0. The molecule has 2 N–H and O–H groups in total. The van der Waals surface area contributed by atoms with Crippen LogP contribution in [0.15, 0.2) is 6.20 Å². The number of aryl methyl sites for hydroxylation is 1. The number of carboxylic acids is 1. The third-order valence-corrected chi connectivity index (χ3v) is 5.40. The zero-order chi connectivity index (χ0) is 17.5. The number of rotatable bonds is 9. The van der Waals surface area contributed by atoms with Gasteiger partial charge in [0.1, 0.15) is 0 Å². The van der Waals surface area contributed by atoms with E-state index < -0.39 is 5.97 Å². The summed E-state index contributed by atoms with van der Waals surface area (Å²) in [5, 5.41) is 15.9. The Balaban J connectivity index is 2.46. The Morgan fingerprint density at radius 1 is 1.30 bits per heavy atom. The van der Waals surface area contributed by atoms with Gasteiger partial charge in [0.15, 0.2) is 0 Å². The van der Waals surface area contributed by atoms with Gasteiger partial charge in [0, 0.05) is 36.2 Å². The highest BCUT2D eigenvalue weighted by molar-refractivity contribution is 8.76. The topological polar surface area (TPSA) is 84.2 Å². The number of hydrogen-bond donors (Lipinski definition) is 2. The molecule has 0 saturated carbocycles. The molecule has 1 aromatic heterocycles. The van der Waals surface area contributed by atoms with E-state index in [1.54, 1.807) is 21.7 Å². The zero-order valence-corrected chi connectivity index (χ0v) is 15.7. The minimum Gasteiger partial charge on any atom is -0.481 e. The van der Waals surface area contributed by atoms with Crippen LogP contribution in [0, 0.1) is 0 Å². The third kappa shape index (κ3) is 6.87. The number of carboxylic acid groups (broad SMARTS) is 1. The van der Waals surface area contributed by atoms with Crippen LogP contribution in [0.5, 0.6) is 0 Å². The number of nitrogens with one attached hydrogen (secondary N) is 1. The highest BCUT2D eigenvalue weighted by atomic mass is 33.1. The molecule has 0 aliphatic carbocycles. The van der Waals surface area contributed by atoms with Gasteiger partial charge in [-0.3, -0.25) is 14.3 Å². The first-order chi connectivity index (χ1) is 10.8. The molecule has 8 heteroatoms. The number of aromatic nitrogens is 2. The van der Waals surface area contributed by atoms with Gasteiger partial charge in [-0.2, -0.15) is 5.10 Å². The Hall–Kier alpha value is -1.15. The van der Waals surface area contributed by atoms with Crippen LogP contribution >= 0.6 is 21.6 Å². The lowest BCUT2D eigenvalue weighted by atomic mass is 9.89. The first-order valence-electron chi connectivity index (χ1n) is 7.58. The molecule has 23 heavy (non-hydrogen) atoms. The molecule has 0 unspecified atom stereocenters. The Morgan fingerprint density at radius 3 is 2.52 bits per heavy atom. The normalized spacial score (nSPS) is 11.5. The molecule has 1 amide bonds. The van der Waals surface area contributed by atoms with Crippen LogP contribution in [0.1, 0.15) is 50.2 Å². The molecule has 0 aliphatic heterocycles. The number of hydrogen-bond acceptors (Lipinski definition) is 5. The molecule has 0 bridgehead atoms. The van der Waals surface area contributed by atoms with Crippen LogP contribution in [0.2, 0.25) is 0 Å². The van der Waals surface area contributed by atoms with Crippen molar-refractivity contribution in [3.05, 3.63) is 17.5 Å². The average molecular weight is 360 g/mol. The minimum absolute atomic E-state index is 0.106. The van der Waals surface area contributed by atoms with Crippen molar-refractivity contribution < 1.29 is 14.7 Å². The van der Waals surface area contributed by atoms with E-state index in [0.29, 0.717) is 17.9 Å². The molecule has 1 aromatic rings. The summed E-state index contributed by atoms with van der Waals surface area (Å²) in [5.41, 5.74) is 1.25. The maximum Gasteiger partial charge on any atom is 0.304 e. The first kappa shape index (κ1) is 19.9. The molecular formula is C15H25N3O3S2. The van der Waals surface area contributed by atoms with E-state index in [2.05, 4.69) is 10.4 Å². The minimum atomic E-state index is -0.783. The average Bonchev–Trinajstić information content (AvgIpc) is 2.90. The molecule has 0 atom stereocenters. The predicted octanol–water partition coefficient (Wildman–Crippen LogP) is 2.79. The van der Waals surface area contributed by atoms with E-state index in [-0.39, 0.29) is 17.7 Å². The molecular weight excluding hydrogens is 334 g/mol. The van der Waals surface area contributed by atoms with E-state index in [0.717, 1.165) is 18.0 Å². The fourth-order valence-electron chi connectivity index (χ4n) is 1.85. The van der Waals surface area contributed by atoms with Gasteiger partial charge in [0.25, 0.3) is 5.91 Å². The molecule has 0 aromatic carbocycles. The lowest BCUT2D eigenvalue weighted by molar-refractivity contribution is -0.136. The molecule has 1 heterocycles. The van der Waals surface area contributed by atoms with Crippen molar-refractivity contribution in [2.75, 3.05) is 18.1 Å². The number of amides is 1. The molecule has 6 nitrogen and oxygen atoms in total. The largest absolute Gasteiger partial charge is 0.481 e. The van der Waals surface area contributed by atoms with Crippen molar-refractivity contribution in [3.8, 4) is 0 Å². The summed E-state index contributed by atoms with van der Waals surface area (Å²) in [6.07, 6.45) is 1.96. The Labute approximate surface area is 145 Å². The monoisotopic (exact) mass is 359 g/mol. The van der Waals surface area contributed by atoms with E-state index in [9.17, 15) is 9.59 Å². The highest BCUT2D eigenvalue weighted by Gasteiger charge is 2.25. The van der Waals surface area contributed by atoms with E-state index in [4.69, 9.17) is 5.11 Å². The maximum atomic E-state index is 12.4. The number of aliphatic carboxylic acids is 1. The van der Waals surface area contributed by atoms with Gasteiger partial charge in [-0.05, 0) is 6.92 Å². The number of nitrogens with zero attached hydrogens (tertiary/aromatic N) is 2. The summed E-state index contributed by atoms with van der Waals surface area (Å²) in [4.78, 5) is 22.7. The molecule has 0 saturated heterocycles. The van der Waals surface area contributed by atoms with Crippen molar-refractivity contribution in [2.45, 2.75) is 46.1 Å². The molecule has 0 fully saturated rings. The van der Waals surface area contributed by atoms with E-state index in [1.807, 2.05) is 27.7 Å². The van der Waals surface area contributed by atoms with Crippen molar-refractivity contribution in [3.63, 3.8) is 0 Å². The first-order valence-corrected chi connectivity index (χ1v) is 10.1. The van der Waals surface area contributed by atoms with E-state index in [1.165, 1.54) is 10.8 Å². The van der Waals surface area contributed by atoms with Crippen LogP contribution in [-0.4, -0.2) is 44.8 Å².